The van der Waals surface area contributed by atoms with Crippen molar-refractivity contribution >= 4 is 17.1 Å². The quantitative estimate of drug-likeness (QED) is 0.441. The maximum atomic E-state index is 11.3. The van der Waals surface area contributed by atoms with Crippen LogP contribution in [0.15, 0.2) is 53.2 Å². The third kappa shape index (κ3) is 4.64. The summed E-state index contributed by atoms with van der Waals surface area (Å²) in [4.78, 5) is 20.8. The molecule has 3 aromatic rings. The maximum absolute atomic E-state index is 11.3. The van der Waals surface area contributed by atoms with Crippen molar-refractivity contribution in [2.24, 2.45) is 0 Å². The molecular formula is C18H17N5O6. The van der Waals surface area contributed by atoms with Gasteiger partial charge in [-0.15, -0.1) is 0 Å². The average Bonchev–Trinajstić information content (AvgIpc) is 3.15. The van der Waals surface area contributed by atoms with Crippen LogP contribution in [0.5, 0.6) is 5.88 Å². The SMILES string of the molecule is CC(C)(COc1nonc1-c1ccccc1)Nc1ccc([N+](=O)[O-])cc1[N+](=O)[O-]. The summed E-state index contributed by atoms with van der Waals surface area (Å²) in [6.07, 6.45) is 0. The zero-order valence-corrected chi connectivity index (χ0v) is 15.6. The van der Waals surface area contributed by atoms with Crippen molar-refractivity contribution in [2.45, 2.75) is 19.4 Å². The number of aromatic nitrogens is 2. The van der Waals surface area contributed by atoms with Gasteiger partial charge in [-0.2, -0.15) is 0 Å². The number of hydrogen-bond acceptors (Lipinski definition) is 9. The predicted molar refractivity (Wildman–Crippen MR) is 103 cm³/mol. The molecule has 0 bridgehead atoms. The molecule has 1 N–H and O–H groups in total. The van der Waals surface area contributed by atoms with Gasteiger partial charge in [-0.3, -0.25) is 20.2 Å². The zero-order chi connectivity index (χ0) is 21.0. The Kier molecular flexibility index (Phi) is 5.39. The van der Waals surface area contributed by atoms with Crippen molar-refractivity contribution in [2.75, 3.05) is 11.9 Å². The van der Waals surface area contributed by atoms with E-state index in [4.69, 9.17) is 9.37 Å². The molecule has 3 rings (SSSR count). The summed E-state index contributed by atoms with van der Waals surface area (Å²) in [5.41, 5.74) is -0.217. The van der Waals surface area contributed by atoms with Gasteiger partial charge in [-0.25, -0.2) is 4.63 Å². The first kappa shape index (κ1) is 19.7. The minimum Gasteiger partial charge on any atom is -0.471 e. The average molecular weight is 399 g/mol. The third-order valence-electron chi connectivity index (χ3n) is 3.94. The highest BCUT2D eigenvalue weighted by Gasteiger charge is 2.27. The number of nitro benzene ring substituents is 2. The van der Waals surface area contributed by atoms with Crippen molar-refractivity contribution < 1.29 is 19.2 Å². The van der Waals surface area contributed by atoms with Crippen LogP contribution in [0.3, 0.4) is 0 Å². The van der Waals surface area contributed by atoms with E-state index in [1.807, 2.05) is 30.3 Å². The van der Waals surface area contributed by atoms with Gasteiger partial charge in [-0.05, 0) is 30.2 Å². The molecule has 2 aromatic carbocycles. The Bertz CT molecular complexity index is 1030. The molecule has 0 atom stereocenters. The van der Waals surface area contributed by atoms with Crippen LogP contribution in [0.1, 0.15) is 13.8 Å². The van der Waals surface area contributed by atoms with Gasteiger partial charge in [0.25, 0.3) is 17.3 Å². The molecule has 11 heteroatoms. The van der Waals surface area contributed by atoms with E-state index in [1.54, 1.807) is 13.8 Å². The van der Waals surface area contributed by atoms with Crippen LogP contribution in [0.25, 0.3) is 11.3 Å². The van der Waals surface area contributed by atoms with Crippen molar-refractivity contribution in [3.05, 3.63) is 68.8 Å². The first-order valence-electron chi connectivity index (χ1n) is 8.48. The molecule has 11 nitrogen and oxygen atoms in total. The number of nitro groups is 2. The summed E-state index contributed by atoms with van der Waals surface area (Å²) in [6.45, 7) is 3.58. The Balaban J connectivity index is 1.76. The summed E-state index contributed by atoms with van der Waals surface area (Å²) in [5.74, 6) is 0.185. The number of non-ortho nitro benzene ring substituents is 1. The summed E-state index contributed by atoms with van der Waals surface area (Å²) in [6, 6.07) is 12.6. The van der Waals surface area contributed by atoms with Crippen LogP contribution < -0.4 is 10.1 Å². The van der Waals surface area contributed by atoms with Crippen LogP contribution in [0, 0.1) is 20.2 Å². The van der Waals surface area contributed by atoms with E-state index in [2.05, 4.69) is 15.6 Å². The molecule has 150 valence electrons. The Morgan fingerprint density at radius 2 is 1.79 bits per heavy atom. The lowest BCUT2D eigenvalue weighted by Crippen LogP contribution is -2.38. The van der Waals surface area contributed by atoms with E-state index in [0.29, 0.717) is 5.69 Å². The van der Waals surface area contributed by atoms with E-state index in [1.165, 1.54) is 12.1 Å². The molecule has 0 fully saturated rings. The Labute approximate surface area is 164 Å². The zero-order valence-electron chi connectivity index (χ0n) is 15.6. The molecule has 0 spiro atoms. The summed E-state index contributed by atoms with van der Waals surface area (Å²) in [7, 11) is 0. The van der Waals surface area contributed by atoms with Gasteiger partial charge in [0, 0.05) is 11.6 Å². The number of nitrogens with one attached hydrogen (secondary N) is 1. The lowest BCUT2D eigenvalue weighted by Gasteiger charge is -2.26. The van der Waals surface area contributed by atoms with Gasteiger partial charge in [0.1, 0.15) is 12.3 Å². The largest absolute Gasteiger partial charge is 0.471 e. The fraction of sp³-hybridized carbons (Fsp3) is 0.222. The van der Waals surface area contributed by atoms with E-state index in [-0.39, 0.29) is 23.9 Å². The van der Waals surface area contributed by atoms with Gasteiger partial charge in [0.05, 0.1) is 21.5 Å². The molecule has 0 unspecified atom stereocenters. The predicted octanol–water partition coefficient (Wildman–Crippen LogP) is 3.82. The monoisotopic (exact) mass is 399 g/mol. The van der Waals surface area contributed by atoms with E-state index >= 15 is 0 Å². The molecule has 0 aliphatic rings. The topological polar surface area (TPSA) is 146 Å². The fourth-order valence-electron chi connectivity index (χ4n) is 2.59. The standard InChI is InChI=1S/C18H17N5O6/c1-18(2,19-14-9-8-13(22(24)25)10-15(14)23(26)27)11-28-17-16(20-29-21-17)12-6-4-3-5-7-12/h3-10,19H,11H2,1-2H3. The lowest BCUT2D eigenvalue weighted by atomic mass is 10.1. The summed E-state index contributed by atoms with van der Waals surface area (Å²) >= 11 is 0. The number of hydrogen-bond donors (Lipinski definition) is 1. The first-order valence-corrected chi connectivity index (χ1v) is 8.48. The second-order valence-corrected chi connectivity index (χ2v) is 6.80. The Hall–Kier alpha value is -4.02. The van der Waals surface area contributed by atoms with Crippen LogP contribution in [0.4, 0.5) is 17.1 Å². The minimum atomic E-state index is -0.784. The number of ether oxygens (including phenoxy) is 1. The third-order valence-corrected chi connectivity index (χ3v) is 3.94. The van der Waals surface area contributed by atoms with Gasteiger partial charge < -0.3 is 10.1 Å². The van der Waals surface area contributed by atoms with Crippen LogP contribution in [-0.2, 0) is 0 Å². The van der Waals surface area contributed by atoms with E-state index in [0.717, 1.165) is 11.6 Å². The Morgan fingerprint density at radius 3 is 2.45 bits per heavy atom. The normalized spacial score (nSPS) is 11.1. The van der Waals surface area contributed by atoms with Gasteiger partial charge >= 0.3 is 0 Å². The van der Waals surface area contributed by atoms with Crippen molar-refractivity contribution in [3.63, 3.8) is 0 Å². The molecular weight excluding hydrogens is 382 g/mol. The highest BCUT2D eigenvalue weighted by molar-refractivity contribution is 5.66. The number of rotatable bonds is 8. The molecule has 0 amide bonds. The van der Waals surface area contributed by atoms with Crippen LogP contribution >= 0.6 is 0 Å². The Morgan fingerprint density at radius 1 is 1.07 bits per heavy atom. The number of nitrogens with zero attached hydrogens (tertiary/aromatic N) is 4. The molecule has 1 aromatic heterocycles. The van der Waals surface area contributed by atoms with E-state index < -0.39 is 21.1 Å². The maximum Gasteiger partial charge on any atom is 0.299 e. The summed E-state index contributed by atoms with van der Waals surface area (Å²) < 4.78 is 10.5. The minimum absolute atomic E-state index is 0.0647. The smallest absolute Gasteiger partial charge is 0.299 e. The molecule has 0 radical (unpaired) electrons. The molecule has 0 saturated carbocycles. The summed E-state index contributed by atoms with van der Waals surface area (Å²) in [5, 5.41) is 32.8. The molecule has 0 saturated heterocycles. The highest BCUT2D eigenvalue weighted by Crippen LogP contribution is 2.32. The van der Waals surface area contributed by atoms with Gasteiger partial charge in [0.2, 0.25) is 0 Å². The molecule has 0 aliphatic carbocycles. The van der Waals surface area contributed by atoms with Crippen molar-refractivity contribution in [3.8, 4) is 17.1 Å². The number of anilines is 1. The fourth-order valence-corrected chi connectivity index (χ4v) is 2.59. The van der Waals surface area contributed by atoms with Gasteiger partial charge in [-0.1, -0.05) is 30.3 Å². The van der Waals surface area contributed by atoms with Gasteiger partial charge in [0.15, 0.2) is 5.69 Å². The highest BCUT2D eigenvalue weighted by atomic mass is 16.6. The second kappa shape index (κ2) is 7.92. The van der Waals surface area contributed by atoms with Crippen molar-refractivity contribution in [1.29, 1.82) is 0 Å². The molecule has 0 aliphatic heterocycles. The number of benzene rings is 2. The molecule has 29 heavy (non-hydrogen) atoms. The van der Waals surface area contributed by atoms with Crippen LogP contribution in [-0.4, -0.2) is 32.3 Å². The lowest BCUT2D eigenvalue weighted by molar-refractivity contribution is -0.393. The van der Waals surface area contributed by atoms with E-state index in [9.17, 15) is 20.2 Å². The second-order valence-electron chi connectivity index (χ2n) is 6.80. The first-order chi connectivity index (χ1) is 13.8. The molecule has 1 heterocycles. The van der Waals surface area contributed by atoms with Crippen LogP contribution in [0.2, 0.25) is 0 Å². The van der Waals surface area contributed by atoms with Crippen molar-refractivity contribution in [1.82, 2.24) is 10.3 Å².